The number of carbonyl (C=O) groups excluding carboxylic acids is 1. The summed E-state index contributed by atoms with van der Waals surface area (Å²) in [6.45, 7) is 8.37. The zero-order chi connectivity index (χ0) is 24.9. The second-order valence-corrected chi connectivity index (χ2v) is 11.2. The van der Waals surface area contributed by atoms with Gasteiger partial charge >= 0.3 is 0 Å². The highest BCUT2D eigenvalue weighted by Crippen LogP contribution is 2.45. The molecule has 1 aliphatic carbocycles. The highest BCUT2D eigenvalue weighted by Gasteiger charge is 2.42. The van der Waals surface area contributed by atoms with Crippen LogP contribution in [0.1, 0.15) is 74.9 Å². The van der Waals surface area contributed by atoms with E-state index >= 15 is 4.39 Å². The van der Waals surface area contributed by atoms with Crippen LogP contribution in [0.15, 0.2) is 24.5 Å². The lowest BCUT2D eigenvalue weighted by Gasteiger charge is -2.39. The number of benzene rings is 1. The van der Waals surface area contributed by atoms with Crippen LogP contribution in [0.3, 0.4) is 0 Å². The van der Waals surface area contributed by atoms with Gasteiger partial charge in [-0.1, -0.05) is 24.6 Å². The molecule has 5 rings (SSSR count). The van der Waals surface area contributed by atoms with Crippen molar-refractivity contribution in [1.82, 2.24) is 20.2 Å². The van der Waals surface area contributed by atoms with E-state index in [0.717, 1.165) is 24.2 Å². The maximum absolute atomic E-state index is 15.0. The Morgan fingerprint density at radius 2 is 1.89 bits per heavy atom. The number of fused-ring (bicyclic) bond motifs is 1. The molecule has 3 heterocycles. The zero-order valence-electron chi connectivity index (χ0n) is 21.2. The summed E-state index contributed by atoms with van der Waals surface area (Å²) < 4.78 is 29.4. The van der Waals surface area contributed by atoms with Crippen LogP contribution >= 0.6 is 36.4 Å². The first-order chi connectivity index (χ1) is 16.6. The summed E-state index contributed by atoms with van der Waals surface area (Å²) >= 11 is 6.00. The van der Waals surface area contributed by atoms with E-state index in [0.29, 0.717) is 48.9 Å². The fourth-order valence-corrected chi connectivity index (χ4v) is 6.10. The predicted molar refractivity (Wildman–Crippen MR) is 147 cm³/mol. The lowest BCUT2D eigenvalue weighted by Crippen LogP contribution is -2.53. The quantitative estimate of drug-likeness (QED) is 0.514. The van der Waals surface area contributed by atoms with E-state index in [2.05, 4.69) is 34.0 Å². The third kappa shape index (κ3) is 5.82. The summed E-state index contributed by atoms with van der Waals surface area (Å²) in [5.74, 6) is -0.325. The number of alkyl halides is 1. The van der Waals surface area contributed by atoms with E-state index < -0.39 is 17.9 Å². The molecule has 1 aromatic carbocycles. The molecular formula is C26H34Cl3F2N5O. The molecule has 0 unspecified atom stereocenters. The Hall–Kier alpha value is -1.74. The Kier molecular flexibility index (Phi) is 9.31. The molecule has 2 saturated heterocycles. The standard InChI is InChI=1S/C26H32ClF2N5O.2ClH/c1-15-12-19(29)23-21(15)24(31-14-30-23)33-8-10-34(11-9-33)25(35)22(20-6-7-26(2,3)32-20)17-5-4-16(27)13-18(17)28;;/h4-5,13-15,19-20,22,32H,6-12H2,1-3H3;2*1H/t15-,19+,20+,22+;;/m1../s1. The van der Waals surface area contributed by atoms with Gasteiger partial charge in [0, 0.05) is 53.9 Å². The van der Waals surface area contributed by atoms with Gasteiger partial charge in [0.1, 0.15) is 24.1 Å². The van der Waals surface area contributed by atoms with Gasteiger partial charge in [-0.3, -0.25) is 4.79 Å². The number of nitrogens with zero attached hydrogens (tertiary/aromatic N) is 4. The van der Waals surface area contributed by atoms with Crippen LogP contribution in [-0.4, -0.2) is 58.5 Å². The van der Waals surface area contributed by atoms with Gasteiger partial charge in [-0.25, -0.2) is 18.7 Å². The van der Waals surface area contributed by atoms with E-state index in [-0.39, 0.29) is 48.2 Å². The van der Waals surface area contributed by atoms with Crippen molar-refractivity contribution in [3.63, 3.8) is 0 Å². The molecule has 37 heavy (non-hydrogen) atoms. The van der Waals surface area contributed by atoms with Gasteiger partial charge in [0.05, 0.1) is 11.6 Å². The summed E-state index contributed by atoms with van der Waals surface area (Å²) in [7, 11) is 0. The van der Waals surface area contributed by atoms with Crippen molar-refractivity contribution < 1.29 is 13.6 Å². The van der Waals surface area contributed by atoms with Crippen LogP contribution in [0.4, 0.5) is 14.6 Å². The third-order valence-electron chi connectivity index (χ3n) is 7.76. The summed E-state index contributed by atoms with van der Waals surface area (Å²) in [5, 5.41) is 3.87. The average Bonchev–Trinajstić information content (AvgIpc) is 3.33. The molecule has 3 aliphatic rings. The van der Waals surface area contributed by atoms with E-state index in [1.807, 2.05) is 11.8 Å². The third-order valence-corrected chi connectivity index (χ3v) is 7.99. The van der Waals surface area contributed by atoms with Crippen LogP contribution in [0.5, 0.6) is 0 Å². The van der Waals surface area contributed by atoms with Crippen molar-refractivity contribution in [2.45, 2.75) is 69.6 Å². The fraction of sp³-hybridized carbons (Fsp3) is 0.577. The van der Waals surface area contributed by atoms with Gasteiger partial charge in [-0.2, -0.15) is 0 Å². The van der Waals surface area contributed by atoms with Crippen molar-refractivity contribution in [3.8, 4) is 0 Å². The van der Waals surface area contributed by atoms with E-state index in [1.165, 1.54) is 12.4 Å². The van der Waals surface area contributed by atoms with Gasteiger partial charge in [-0.05, 0) is 51.2 Å². The number of aromatic nitrogens is 2. The van der Waals surface area contributed by atoms with Gasteiger partial charge in [0.25, 0.3) is 0 Å². The molecule has 0 saturated carbocycles. The average molecular weight is 577 g/mol. The van der Waals surface area contributed by atoms with Gasteiger partial charge < -0.3 is 15.1 Å². The second kappa shape index (κ2) is 11.6. The molecule has 204 valence electrons. The van der Waals surface area contributed by atoms with Gasteiger partial charge in [0.2, 0.25) is 5.91 Å². The van der Waals surface area contributed by atoms with Crippen LogP contribution in [-0.2, 0) is 4.79 Å². The molecule has 6 nitrogen and oxygen atoms in total. The second-order valence-electron chi connectivity index (χ2n) is 10.7. The molecule has 0 radical (unpaired) electrons. The first kappa shape index (κ1) is 29.8. The molecule has 0 bridgehead atoms. The Bertz CT molecular complexity index is 1130. The number of rotatable bonds is 4. The zero-order valence-corrected chi connectivity index (χ0v) is 23.6. The van der Waals surface area contributed by atoms with Crippen molar-refractivity contribution >= 4 is 48.1 Å². The topological polar surface area (TPSA) is 61.4 Å². The Labute approximate surface area is 234 Å². The van der Waals surface area contributed by atoms with Crippen LogP contribution in [0.25, 0.3) is 0 Å². The summed E-state index contributed by atoms with van der Waals surface area (Å²) in [6, 6.07) is 4.42. The molecule has 4 atom stereocenters. The number of halogens is 5. The minimum atomic E-state index is -1.05. The molecule has 0 spiro atoms. The largest absolute Gasteiger partial charge is 0.353 e. The van der Waals surface area contributed by atoms with Crippen LogP contribution in [0.2, 0.25) is 5.02 Å². The van der Waals surface area contributed by atoms with Gasteiger partial charge in [-0.15, -0.1) is 24.8 Å². The summed E-state index contributed by atoms with van der Waals surface area (Å²) in [4.78, 5) is 26.5. The predicted octanol–water partition coefficient (Wildman–Crippen LogP) is 5.59. The lowest BCUT2D eigenvalue weighted by atomic mass is 9.88. The number of piperazine rings is 1. The Morgan fingerprint density at radius 3 is 2.51 bits per heavy atom. The lowest BCUT2D eigenvalue weighted by molar-refractivity contribution is -0.133. The number of nitrogens with one attached hydrogen (secondary N) is 1. The molecule has 1 N–H and O–H groups in total. The van der Waals surface area contributed by atoms with Crippen molar-refractivity contribution in [2.24, 2.45) is 0 Å². The number of hydrogen-bond acceptors (Lipinski definition) is 5. The Morgan fingerprint density at radius 1 is 1.19 bits per heavy atom. The van der Waals surface area contributed by atoms with E-state index in [9.17, 15) is 9.18 Å². The molecule has 1 aromatic heterocycles. The maximum Gasteiger partial charge on any atom is 0.231 e. The number of hydrogen-bond donors (Lipinski definition) is 1. The minimum absolute atomic E-state index is 0. The van der Waals surface area contributed by atoms with Crippen molar-refractivity contribution in [1.29, 1.82) is 0 Å². The number of anilines is 1. The summed E-state index contributed by atoms with van der Waals surface area (Å²) in [5.41, 5.74) is 1.66. The minimum Gasteiger partial charge on any atom is -0.353 e. The summed E-state index contributed by atoms with van der Waals surface area (Å²) in [6.07, 6.45) is 2.52. The van der Waals surface area contributed by atoms with Gasteiger partial charge in [0.15, 0.2) is 0 Å². The first-order valence-corrected chi connectivity index (χ1v) is 12.8. The normalized spacial score (nSPS) is 25.2. The smallest absolute Gasteiger partial charge is 0.231 e. The number of amides is 1. The molecule has 1 amide bonds. The monoisotopic (exact) mass is 575 g/mol. The highest BCUT2D eigenvalue weighted by molar-refractivity contribution is 6.30. The van der Waals surface area contributed by atoms with E-state index in [4.69, 9.17) is 11.6 Å². The SMILES string of the molecule is C[C@@H]1C[C@H](F)c2ncnc(N3CCN(C(=O)[C@@H](c4ccc(Cl)cc4F)[C@@H]4CCC(C)(C)N4)CC3)c21.Cl.Cl. The molecule has 11 heteroatoms. The number of carbonyl (C=O) groups is 1. The Balaban J connectivity index is 0.00000190. The highest BCUT2D eigenvalue weighted by atomic mass is 35.5. The molecule has 2 aliphatic heterocycles. The molecular weight excluding hydrogens is 543 g/mol. The molecule has 2 aromatic rings. The van der Waals surface area contributed by atoms with Crippen LogP contribution < -0.4 is 10.2 Å². The van der Waals surface area contributed by atoms with E-state index in [1.54, 1.807) is 12.1 Å². The fourth-order valence-electron chi connectivity index (χ4n) is 5.94. The van der Waals surface area contributed by atoms with Crippen molar-refractivity contribution in [3.05, 3.63) is 52.2 Å². The maximum atomic E-state index is 15.0. The first-order valence-electron chi connectivity index (χ1n) is 12.4. The van der Waals surface area contributed by atoms with Crippen molar-refractivity contribution in [2.75, 3.05) is 31.1 Å². The molecule has 2 fully saturated rings. The van der Waals surface area contributed by atoms with Crippen LogP contribution in [0, 0.1) is 5.82 Å².